The highest BCUT2D eigenvalue weighted by molar-refractivity contribution is 6.42. The van der Waals surface area contributed by atoms with Gasteiger partial charge in [-0.15, -0.1) is 0 Å². The van der Waals surface area contributed by atoms with Crippen LogP contribution in [0.3, 0.4) is 0 Å². The number of hydrogen-bond donors (Lipinski definition) is 3. The van der Waals surface area contributed by atoms with Crippen LogP contribution in [0.5, 0.6) is 0 Å². The Bertz CT molecular complexity index is 915. The summed E-state index contributed by atoms with van der Waals surface area (Å²) >= 11 is 11.8. The van der Waals surface area contributed by atoms with Crippen LogP contribution in [0.25, 0.3) is 0 Å². The number of halogens is 5. The molecule has 11 heteroatoms. The Kier molecular flexibility index (Phi) is 5.71. The maximum absolute atomic E-state index is 13.2. The first kappa shape index (κ1) is 19.2. The minimum atomic E-state index is -4.58. The van der Waals surface area contributed by atoms with Crippen LogP contribution >= 0.6 is 23.2 Å². The molecule has 0 spiro atoms. The molecule has 27 heavy (non-hydrogen) atoms. The van der Waals surface area contributed by atoms with E-state index in [0.29, 0.717) is 22.2 Å². The number of alkyl halides is 3. The third-order valence-corrected chi connectivity index (χ3v) is 4.25. The van der Waals surface area contributed by atoms with Gasteiger partial charge in [0, 0.05) is 36.7 Å². The molecule has 1 aromatic carbocycles. The van der Waals surface area contributed by atoms with Crippen LogP contribution in [0, 0.1) is 0 Å². The molecule has 2 aromatic heterocycles. The molecule has 0 aliphatic rings. The zero-order chi connectivity index (χ0) is 19.4. The number of anilines is 3. The SMILES string of the molecule is FC(F)(F)c1cnc(Nc2ccc(Cl)c(Cl)c2)nc1NCCc1cnc[nH]1. The van der Waals surface area contributed by atoms with E-state index in [0.717, 1.165) is 11.9 Å². The van der Waals surface area contributed by atoms with Gasteiger partial charge in [-0.05, 0) is 18.2 Å². The molecular weight excluding hydrogens is 404 g/mol. The van der Waals surface area contributed by atoms with Crippen molar-refractivity contribution >= 4 is 40.7 Å². The van der Waals surface area contributed by atoms with Crippen molar-refractivity contribution in [2.24, 2.45) is 0 Å². The molecule has 2 heterocycles. The fourth-order valence-corrected chi connectivity index (χ4v) is 2.52. The molecule has 0 unspecified atom stereocenters. The summed E-state index contributed by atoms with van der Waals surface area (Å²) in [5.41, 5.74) is 0.332. The Morgan fingerprint density at radius 1 is 1.11 bits per heavy atom. The number of nitrogens with zero attached hydrogens (tertiary/aromatic N) is 3. The number of imidazole rings is 1. The summed E-state index contributed by atoms with van der Waals surface area (Å²) in [5.74, 6) is -0.329. The number of benzene rings is 1. The largest absolute Gasteiger partial charge is 0.421 e. The third kappa shape index (κ3) is 5.01. The van der Waals surface area contributed by atoms with Gasteiger partial charge >= 0.3 is 6.18 Å². The molecule has 0 aliphatic carbocycles. The number of aromatic nitrogens is 4. The second-order valence-electron chi connectivity index (χ2n) is 5.46. The van der Waals surface area contributed by atoms with E-state index in [1.807, 2.05) is 0 Å². The van der Waals surface area contributed by atoms with E-state index >= 15 is 0 Å². The number of hydrogen-bond acceptors (Lipinski definition) is 5. The highest BCUT2D eigenvalue weighted by atomic mass is 35.5. The fraction of sp³-hybridized carbons (Fsp3) is 0.188. The van der Waals surface area contributed by atoms with E-state index in [4.69, 9.17) is 23.2 Å². The Morgan fingerprint density at radius 2 is 1.93 bits per heavy atom. The second-order valence-corrected chi connectivity index (χ2v) is 6.28. The van der Waals surface area contributed by atoms with Crippen molar-refractivity contribution in [1.29, 1.82) is 0 Å². The van der Waals surface area contributed by atoms with E-state index < -0.39 is 11.7 Å². The minimum Gasteiger partial charge on any atom is -0.369 e. The zero-order valence-corrected chi connectivity index (χ0v) is 15.1. The maximum atomic E-state index is 13.2. The average Bonchev–Trinajstić information content (AvgIpc) is 3.11. The molecule has 0 fully saturated rings. The van der Waals surface area contributed by atoms with Gasteiger partial charge in [0.2, 0.25) is 5.95 Å². The minimum absolute atomic E-state index is 0.00886. The number of aromatic amines is 1. The van der Waals surface area contributed by atoms with Gasteiger partial charge in [0.1, 0.15) is 11.4 Å². The van der Waals surface area contributed by atoms with Crippen molar-refractivity contribution in [3.05, 3.63) is 58.2 Å². The van der Waals surface area contributed by atoms with Gasteiger partial charge in [0.25, 0.3) is 0 Å². The zero-order valence-electron chi connectivity index (χ0n) is 13.6. The van der Waals surface area contributed by atoms with Gasteiger partial charge in [-0.25, -0.2) is 9.97 Å². The molecule has 0 saturated carbocycles. The first-order valence-electron chi connectivity index (χ1n) is 7.70. The lowest BCUT2D eigenvalue weighted by Crippen LogP contribution is -2.16. The van der Waals surface area contributed by atoms with Crippen molar-refractivity contribution in [3.8, 4) is 0 Å². The van der Waals surface area contributed by atoms with E-state index in [9.17, 15) is 13.2 Å². The van der Waals surface area contributed by atoms with E-state index in [2.05, 4.69) is 30.6 Å². The first-order chi connectivity index (χ1) is 12.8. The molecular formula is C16H13Cl2F3N6. The van der Waals surface area contributed by atoms with Gasteiger partial charge in [-0.2, -0.15) is 18.2 Å². The lowest BCUT2D eigenvalue weighted by molar-refractivity contribution is -0.137. The second kappa shape index (κ2) is 8.01. The monoisotopic (exact) mass is 416 g/mol. The van der Waals surface area contributed by atoms with Gasteiger partial charge < -0.3 is 15.6 Å². The molecule has 3 N–H and O–H groups in total. The Hall–Kier alpha value is -2.52. The first-order valence-corrected chi connectivity index (χ1v) is 8.46. The number of H-pyrrole nitrogens is 1. The third-order valence-electron chi connectivity index (χ3n) is 3.51. The molecule has 3 aromatic rings. The lowest BCUT2D eigenvalue weighted by atomic mass is 10.2. The molecule has 0 bridgehead atoms. The van der Waals surface area contributed by atoms with Crippen molar-refractivity contribution in [2.45, 2.75) is 12.6 Å². The summed E-state index contributed by atoms with van der Waals surface area (Å²) in [4.78, 5) is 14.4. The normalized spacial score (nSPS) is 11.4. The van der Waals surface area contributed by atoms with Gasteiger partial charge in [-0.3, -0.25) is 0 Å². The smallest absolute Gasteiger partial charge is 0.369 e. The van der Waals surface area contributed by atoms with Crippen LogP contribution in [0.1, 0.15) is 11.3 Å². The summed E-state index contributed by atoms with van der Waals surface area (Å²) in [6, 6.07) is 4.69. The predicted molar refractivity (Wildman–Crippen MR) is 97.6 cm³/mol. The van der Waals surface area contributed by atoms with Gasteiger partial charge in [0.15, 0.2) is 0 Å². The van der Waals surface area contributed by atoms with Gasteiger partial charge in [-0.1, -0.05) is 23.2 Å². The van der Waals surface area contributed by atoms with Crippen LogP contribution in [0.15, 0.2) is 36.9 Å². The van der Waals surface area contributed by atoms with E-state index in [1.54, 1.807) is 18.3 Å². The molecule has 6 nitrogen and oxygen atoms in total. The van der Waals surface area contributed by atoms with Crippen LogP contribution < -0.4 is 10.6 Å². The van der Waals surface area contributed by atoms with Gasteiger partial charge in [0.05, 0.1) is 16.4 Å². The van der Waals surface area contributed by atoms with Crippen LogP contribution in [0.4, 0.5) is 30.6 Å². The quantitative estimate of drug-likeness (QED) is 0.531. The van der Waals surface area contributed by atoms with Crippen molar-refractivity contribution in [2.75, 3.05) is 17.2 Å². The number of rotatable bonds is 6. The average molecular weight is 417 g/mol. The molecule has 0 atom stereocenters. The predicted octanol–water partition coefficient (Wildman–Crippen LogP) is 4.92. The maximum Gasteiger partial charge on any atom is 0.421 e. The molecule has 3 rings (SSSR count). The topological polar surface area (TPSA) is 78.5 Å². The molecule has 0 aliphatic heterocycles. The van der Waals surface area contributed by atoms with Crippen LogP contribution in [-0.4, -0.2) is 26.5 Å². The lowest BCUT2D eigenvalue weighted by Gasteiger charge is -2.15. The Morgan fingerprint density at radius 3 is 2.59 bits per heavy atom. The summed E-state index contributed by atoms with van der Waals surface area (Å²) in [6.45, 7) is 0.231. The summed E-state index contributed by atoms with van der Waals surface area (Å²) in [7, 11) is 0. The summed E-state index contributed by atoms with van der Waals surface area (Å²) < 4.78 is 39.6. The van der Waals surface area contributed by atoms with E-state index in [-0.39, 0.29) is 18.3 Å². The van der Waals surface area contributed by atoms with Crippen LogP contribution in [-0.2, 0) is 12.6 Å². The molecule has 142 valence electrons. The summed E-state index contributed by atoms with van der Waals surface area (Å²) in [5, 5.41) is 6.16. The standard InChI is InChI=1S/C16H13Cl2F3N6/c17-12-2-1-9(5-13(12)18)26-15-24-7-11(16(19,20)21)14(27-15)23-4-3-10-6-22-8-25-10/h1-2,5-8H,3-4H2,(H,22,25)(H2,23,24,26,27). The summed E-state index contributed by atoms with van der Waals surface area (Å²) in [6.07, 6.45) is -0.301. The Balaban J connectivity index is 1.79. The highest BCUT2D eigenvalue weighted by Gasteiger charge is 2.35. The molecule has 0 radical (unpaired) electrons. The fourth-order valence-electron chi connectivity index (χ4n) is 2.22. The molecule has 0 saturated heterocycles. The van der Waals surface area contributed by atoms with Crippen molar-refractivity contribution in [3.63, 3.8) is 0 Å². The molecule has 0 amide bonds. The van der Waals surface area contributed by atoms with Crippen LogP contribution in [0.2, 0.25) is 10.0 Å². The number of nitrogens with one attached hydrogen (secondary N) is 3. The van der Waals surface area contributed by atoms with Crippen molar-refractivity contribution in [1.82, 2.24) is 19.9 Å². The highest BCUT2D eigenvalue weighted by Crippen LogP contribution is 2.34. The Labute approximate surface area is 162 Å². The van der Waals surface area contributed by atoms with E-state index in [1.165, 1.54) is 12.4 Å². The van der Waals surface area contributed by atoms with Crippen molar-refractivity contribution < 1.29 is 13.2 Å².